The Morgan fingerprint density at radius 2 is 1.52 bits per heavy atom. The molecule has 2 N–H and O–H groups in total. The summed E-state index contributed by atoms with van der Waals surface area (Å²) in [5.74, 6) is -1.75. The summed E-state index contributed by atoms with van der Waals surface area (Å²) >= 11 is 0. The van der Waals surface area contributed by atoms with E-state index in [4.69, 9.17) is 5.11 Å². The minimum atomic E-state index is -1.13. The third-order valence-corrected chi connectivity index (χ3v) is 3.02. The fraction of sp³-hybridized carbons (Fsp3) is 0.267. The molecule has 112 valence electrons. The van der Waals surface area contributed by atoms with Crippen molar-refractivity contribution >= 4 is 23.5 Å². The number of carboxylic acid groups (broad SMARTS) is 1. The van der Waals surface area contributed by atoms with Crippen molar-refractivity contribution in [2.75, 3.05) is 19.4 Å². The molecule has 0 aliphatic heterocycles. The second kappa shape index (κ2) is 6.69. The number of hydrogen-bond acceptors (Lipinski definition) is 3. The molecular formula is C15H18N2O4. The van der Waals surface area contributed by atoms with E-state index < -0.39 is 11.9 Å². The molecule has 0 atom stereocenters. The summed E-state index contributed by atoms with van der Waals surface area (Å²) < 4.78 is 0. The number of rotatable bonds is 4. The highest BCUT2D eigenvalue weighted by Crippen LogP contribution is 2.13. The second-order valence-corrected chi connectivity index (χ2v) is 4.79. The molecule has 6 nitrogen and oxygen atoms in total. The largest absolute Gasteiger partial charge is 0.478 e. The number of amides is 2. The molecule has 0 saturated carbocycles. The van der Waals surface area contributed by atoms with E-state index in [9.17, 15) is 14.4 Å². The number of carbonyl (C=O) groups excluding carboxylic acids is 2. The summed E-state index contributed by atoms with van der Waals surface area (Å²) in [4.78, 5) is 35.9. The Labute approximate surface area is 123 Å². The maximum atomic E-state index is 11.9. The van der Waals surface area contributed by atoms with E-state index >= 15 is 0 Å². The molecule has 1 aromatic rings. The van der Waals surface area contributed by atoms with Crippen LogP contribution in [0.2, 0.25) is 0 Å². The molecule has 0 bridgehead atoms. The molecule has 0 aliphatic carbocycles. The van der Waals surface area contributed by atoms with Gasteiger partial charge in [-0.25, -0.2) is 4.79 Å². The molecule has 0 saturated heterocycles. The zero-order chi connectivity index (χ0) is 16.2. The second-order valence-electron chi connectivity index (χ2n) is 4.79. The first-order chi connectivity index (χ1) is 9.73. The van der Waals surface area contributed by atoms with Gasteiger partial charge in [0.05, 0.1) is 0 Å². The molecule has 21 heavy (non-hydrogen) atoms. The molecule has 1 aromatic carbocycles. The van der Waals surface area contributed by atoms with Crippen LogP contribution in [0.3, 0.4) is 0 Å². The Hall–Kier alpha value is -2.63. The molecule has 0 unspecified atom stereocenters. The zero-order valence-corrected chi connectivity index (χ0v) is 12.4. The van der Waals surface area contributed by atoms with Gasteiger partial charge in [0.25, 0.3) is 11.8 Å². The molecule has 0 fully saturated rings. The number of benzene rings is 1. The van der Waals surface area contributed by atoms with Crippen LogP contribution in [0, 0.1) is 0 Å². The Kier molecular flexibility index (Phi) is 5.24. The summed E-state index contributed by atoms with van der Waals surface area (Å²) in [6.07, 6.45) is 0. The van der Waals surface area contributed by atoms with Gasteiger partial charge in [-0.1, -0.05) is 0 Å². The van der Waals surface area contributed by atoms with Crippen LogP contribution in [0.1, 0.15) is 24.2 Å². The van der Waals surface area contributed by atoms with E-state index in [0.29, 0.717) is 11.3 Å². The van der Waals surface area contributed by atoms with Crippen LogP contribution in [0.15, 0.2) is 35.4 Å². The minimum absolute atomic E-state index is 0.00749. The fourth-order valence-electron chi connectivity index (χ4n) is 1.51. The maximum Gasteiger partial charge on any atom is 0.331 e. The number of nitrogens with one attached hydrogen (secondary N) is 1. The standard InChI is InChI=1S/C15H18N2O4/c1-9(10(2)15(20)21)13(18)16-12-7-5-11(6-8-12)14(19)17(3)4/h5-8H,1-4H3,(H,16,18)(H,20,21). The number of hydrogen-bond donors (Lipinski definition) is 2. The highest BCUT2D eigenvalue weighted by Gasteiger charge is 2.13. The summed E-state index contributed by atoms with van der Waals surface area (Å²) in [5, 5.41) is 11.4. The molecule has 0 aromatic heterocycles. The van der Waals surface area contributed by atoms with Crippen LogP contribution in [-0.2, 0) is 9.59 Å². The van der Waals surface area contributed by atoms with Gasteiger partial charge >= 0.3 is 5.97 Å². The van der Waals surface area contributed by atoms with Gasteiger partial charge in [-0.3, -0.25) is 9.59 Å². The van der Waals surface area contributed by atoms with Gasteiger partial charge in [0.2, 0.25) is 0 Å². The minimum Gasteiger partial charge on any atom is -0.478 e. The lowest BCUT2D eigenvalue weighted by Gasteiger charge is -2.11. The van der Waals surface area contributed by atoms with Crippen LogP contribution in [0.5, 0.6) is 0 Å². The normalized spacial score (nSPS) is 11.4. The molecule has 2 amide bonds. The van der Waals surface area contributed by atoms with Crippen LogP contribution in [-0.4, -0.2) is 41.9 Å². The van der Waals surface area contributed by atoms with Crippen molar-refractivity contribution in [1.82, 2.24) is 4.90 Å². The quantitative estimate of drug-likeness (QED) is 0.827. The van der Waals surface area contributed by atoms with E-state index in [1.165, 1.54) is 18.7 Å². The average Bonchev–Trinajstić information content (AvgIpc) is 2.45. The van der Waals surface area contributed by atoms with E-state index in [-0.39, 0.29) is 17.1 Å². The highest BCUT2D eigenvalue weighted by atomic mass is 16.4. The SMILES string of the molecule is CC(C(=O)O)=C(C)C(=O)Nc1ccc(C(=O)N(C)C)cc1. The van der Waals surface area contributed by atoms with Gasteiger partial charge in [0.15, 0.2) is 0 Å². The van der Waals surface area contributed by atoms with Crippen molar-refractivity contribution in [1.29, 1.82) is 0 Å². The van der Waals surface area contributed by atoms with E-state index in [1.807, 2.05) is 0 Å². The predicted molar refractivity (Wildman–Crippen MR) is 79.1 cm³/mol. The van der Waals surface area contributed by atoms with Gasteiger partial charge < -0.3 is 15.3 Å². The lowest BCUT2D eigenvalue weighted by molar-refractivity contribution is -0.133. The Bertz CT molecular complexity index is 601. The number of carbonyl (C=O) groups is 3. The first-order valence-corrected chi connectivity index (χ1v) is 6.28. The average molecular weight is 290 g/mol. The smallest absolute Gasteiger partial charge is 0.331 e. The van der Waals surface area contributed by atoms with Crippen LogP contribution >= 0.6 is 0 Å². The van der Waals surface area contributed by atoms with Crippen LogP contribution in [0.4, 0.5) is 5.69 Å². The molecule has 0 aliphatic rings. The van der Waals surface area contributed by atoms with E-state index in [0.717, 1.165) is 0 Å². The molecule has 0 spiro atoms. The summed E-state index contributed by atoms with van der Waals surface area (Å²) in [6.45, 7) is 2.82. The third-order valence-electron chi connectivity index (χ3n) is 3.02. The van der Waals surface area contributed by atoms with Crippen molar-refractivity contribution in [3.05, 3.63) is 41.0 Å². The molecule has 0 radical (unpaired) electrons. The van der Waals surface area contributed by atoms with Gasteiger partial charge in [0.1, 0.15) is 0 Å². The summed E-state index contributed by atoms with van der Waals surface area (Å²) in [7, 11) is 3.31. The zero-order valence-electron chi connectivity index (χ0n) is 12.4. The topological polar surface area (TPSA) is 86.7 Å². The molecule has 0 heterocycles. The molecular weight excluding hydrogens is 272 g/mol. The van der Waals surface area contributed by atoms with Gasteiger partial charge in [-0.15, -0.1) is 0 Å². The first kappa shape index (κ1) is 16.4. The van der Waals surface area contributed by atoms with Gasteiger partial charge in [0, 0.05) is 36.5 Å². The number of nitrogens with zero attached hydrogens (tertiary/aromatic N) is 1. The van der Waals surface area contributed by atoms with Crippen molar-refractivity contribution in [3.63, 3.8) is 0 Å². The lowest BCUT2D eigenvalue weighted by Crippen LogP contribution is -2.21. The maximum absolute atomic E-state index is 11.9. The molecule has 6 heteroatoms. The Morgan fingerprint density at radius 1 is 1.00 bits per heavy atom. The van der Waals surface area contributed by atoms with Crippen LogP contribution < -0.4 is 5.32 Å². The lowest BCUT2D eigenvalue weighted by atomic mass is 10.1. The van der Waals surface area contributed by atoms with Gasteiger partial charge in [-0.05, 0) is 38.1 Å². The first-order valence-electron chi connectivity index (χ1n) is 6.28. The van der Waals surface area contributed by atoms with Crippen LogP contribution in [0.25, 0.3) is 0 Å². The van der Waals surface area contributed by atoms with Crippen molar-refractivity contribution in [2.24, 2.45) is 0 Å². The van der Waals surface area contributed by atoms with Crippen molar-refractivity contribution < 1.29 is 19.5 Å². The number of aliphatic carboxylic acids is 1. The Morgan fingerprint density at radius 3 is 1.95 bits per heavy atom. The number of carboxylic acids is 1. The number of anilines is 1. The molecule has 1 rings (SSSR count). The summed E-state index contributed by atoms with van der Waals surface area (Å²) in [5.41, 5.74) is 1.13. The van der Waals surface area contributed by atoms with E-state index in [2.05, 4.69) is 5.32 Å². The van der Waals surface area contributed by atoms with E-state index in [1.54, 1.807) is 38.4 Å². The fourth-order valence-corrected chi connectivity index (χ4v) is 1.51. The monoisotopic (exact) mass is 290 g/mol. The van der Waals surface area contributed by atoms with Crippen molar-refractivity contribution in [2.45, 2.75) is 13.8 Å². The predicted octanol–water partition coefficient (Wildman–Crippen LogP) is 1.75. The van der Waals surface area contributed by atoms with Crippen molar-refractivity contribution in [3.8, 4) is 0 Å². The Balaban J connectivity index is 2.86. The third kappa shape index (κ3) is 4.17. The summed E-state index contributed by atoms with van der Waals surface area (Å²) in [6, 6.07) is 6.39. The highest BCUT2D eigenvalue weighted by molar-refractivity contribution is 6.08. The van der Waals surface area contributed by atoms with Gasteiger partial charge in [-0.2, -0.15) is 0 Å².